The highest BCUT2D eigenvalue weighted by Crippen LogP contribution is 2.36. The first-order valence-electron chi connectivity index (χ1n) is 7.71. The average molecular weight is 301 g/mol. The van der Waals surface area contributed by atoms with Crippen LogP contribution in [0.4, 0.5) is 0 Å². The first-order chi connectivity index (χ1) is 10.8. The molecule has 1 saturated carbocycles. The van der Waals surface area contributed by atoms with Crippen LogP contribution in [0.5, 0.6) is 0 Å². The molecule has 0 spiro atoms. The third-order valence-electron chi connectivity index (χ3n) is 4.72. The second kappa shape index (κ2) is 5.57. The number of morpholine rings is 1. The summed E-state index contributed by atoms with van der Waals surface area (Å²) in [7, 11) is 0. The van der Waals surface area contributed by atoms with Gasteiger partial charge in [-0.3, -0.25) is 4.79 Å². The van der Waals surface area contributed by atoms with Crippen LogP contribution in [0.2, 0.25) is 0 Å². The van der Waals surface area contributed by atoms with E-state index in [1.165, 1.54) is 0 Å². The number of aromatic nitrogens is 4. The SMILES string of the molecule is O=C(c1ccc[nH]1)N1CCOC2C(Cn3cnnc3)CCC21. The molecule has 116 valence electrons. The standard InChI is InChI=1S/C15H19N5O2/c21-15(12-2-1-5-16-12)20-6-7-22-14-11(3-4-13(14)20)8-19-9-17-18-10-19/h1-2,5,9-11,13-14,16H,3-4,6-8H2. The largest absolute Gasteiger partial charge is 0.374 e. The number of H-pyrrole nitrogens is 1. The predicted octanol–water partition coefficient (Wildman–Crippen LogP) is 0.926. The molecule has 4 rings (SSSR count). The van der Waals surface area contributed by atoms with Crippen molar-refractivity contribution < 1.29 is 9.53 Å². The molecule has 2 aromatic rings. The first kappa shape index (κ1) is 13.5. The normalized spacial score (nSPS) is 27.8. The van der Waals surface area contributed by atoms with Crippen molar-refractivity contribution in [3.63, 3.8) is 0 Å². The molecule has 0 aromatic carbocycles. The Morgan fingerprint density at radius 2 is 2.23 bits per heavy atom. The van der Waals surface area contributed by atoms with Gasteiger partial charge in [0.05, 0.1) is 18.8 Å². The summed E-state index contributed by atoms with van der Waals surface area (Å²) in [4.78, 5) is 17.6. The van der Waals surface area contributed by atoms with Gasteiger partial charge in [0.25, 0.3) is 5.91 Å². The lowest BCUT2D eigenvalue weighted by Gasteiger charge is -2.39. The van der Waals surface area contributed by atoms with Crippen molar-refractivity contribution in [3.8, 4) is 0 Å². The number of carbonyl (C=O) groups excluding carboxylic acids is 1. The van der Waals surface area contributed by atoms with Crippen molar-refractivity contribution in [2.45, 2.75) is 31.5 Å². The van der Waals surface area contributed by atoms with E-state index in [1.54, 1.807) is 18.9 Å². The van der Waals surface area contributed by atoms with E-state index < -0.39 is 0 Å². The van der Waals surface area contributed by atoms with Crippen molar-refractivity contribution in [3.05, 3.63) is 36.7 Å². The summed E-state index contributed by atoms with van der Waals surface area (Å²) in [6.45, 7) is 2.11. The number of hydrogen-bond acceptors (Lipinski definition) is 4. The Morgan fingerprint density at radius 3 is 3.00 bits per heavy atom. The third-order valence-corrected chi connectivity index (χ3v) is 4.72. The zero-order valence-electron chi connectivity index (χ0n) is 12.3. The lowest BCUT2D eigenvalue weighted by molar-refractivity contribution is -0.0646. The van der Waals surface area contributed by atoms with Crippen molar-refractivity contribution in [1.29, 1.82) is 0 Å². The van der Waals surface area contributed by atoms with Gasteiger partial charge in [0, 0.05) is 25.2 Å². The van der Waals surface area contributed by atoms with E-state index >= 15 is 0 Å². The van der Waals surface area contributed by atoms with Gasteiger partial charge in [-0.25, -0.2) is 0 Å². The molecule has 1 saturated heterocycles. The number of amides is 1. The number of nitrogens with one attached hydrogen (secondary N) is 1. The summed E-state index contributed by atoms with van der Waals surface area (Å²) in [6, 6.07) is 3.86. The zero-order valence-corrected chi connectivity index (χ0v) is 12.3. The maximum Gasteiger partial charge on any atom is 0.270 e. The Labute approximate surface area is 128 Å². The Morgan fingerprint density at radius 1 is 1.36 bits per heavy atom. The van der Waals surface area contributed by atoms with E-state index in [-0.39, 0.29) is 18.1 Å². The first-order valence-corrected chi connectivity index (χ1v) is 7.71. The average Bonchev–Trinajstić information content (AvgIpc) is 3.29. The molecule has 1 N–H and O–H groups in total. The van der Waals surface area contributed by atoms with Gasteiger partial charge >= 0.3 is 0 Å². The molecule has 0 radical (unpaired) electrons. The number of rotatable bonds is 3. The van der Waals surface area contributed by atoms with Crippen LogP contribution >= 0.6 is 0 Å². The molecular formula is C15H19N5O2. The van der Waals surface area contributed by atoms with E-state index in [0.29, 0.717) is 24.8 Å². The van der Waals surface area contributed by atoms with E-state index in [0.717, 1.165) is 19.4 Å². The highest BCUT2D eigenvalue weighted by molar-refractivity contribution is 5.92. The van der Waals surface area contributed by atoms with Crippen molar-refractivity contribution in [1.82, 2.24) is 24.6 Å². The van der Waals surface area contributed by atoms with Gasteiger partial charge in [-0.05, 0) is 25.0 Å². The van der Waals surface area contributed by atoms with Crippen LogP contribution in [0, 0.1) is 5.92 Å². The van der Waals surface area contributed by atoms with Gasteiger partial charge in [0.1, 0.15) is 18.3 Å². The summed E-state index contributed by atoms with van der Waals surface area (Å²) < 4.78 is 7.99. The fourth-order valence-electron chi connectivity index (χ4n) is 3.71. The summed E-state index contributed by atoms with van der Waals surface area (Å²) in [5.41, 5.74) is 0.655. The summed E-state index contributed by atoms with van der Waals surface area (Å²) >= 11 is 0. The maximum absolute atomic E-state index is 12.6. The monoisotopic (exact) mass is 301 g/mol. The van der Waals surface area contributed by atoms with Gasteiger partial charge in [-0.2, -0.15) is 0 Å². The quantitative estimate of drug-likeness (QED) is 0.915. The fraction of sp³-hybridized carbons (Fsp3) is 0.533. The maximum atomic E-state index is 12.6. The van der Waals surface area contributed by atoms with Crippen LogP contribution in [0.3, 0.4) is 0 Å². The number of ether oxygens (including phenoxy) is 1. The summed E-state index contributed by atoms with van der Waals surface area (Å²) in [6.07, 6.45) is 7.41. The lowest BCUT2D eigenvalue weighted by Crippen LogP contribution is -2.53. The van der Waals surface area contributed by atoms with E-state index in [2.05, 4.69) is 15.2 Å². The molecule has 1 amide bonds. The molecule has 2 aliphatic rings. The molecule has 2 fully saturated rings. The molecule has 3 heterocycles. The molecule has 7 heteroatoms. The van der Waals surface area contributed by atoms with Crippen LogP contribution in [-0.4, -0.2) is 55.9 Å². The van der Waals surface area contributed by atoms with Gasteiger partial charge in [0.2, 0.25) is 0 Å². The van der Waals surface area contributed by atoms with E-state index in [4.69, 9.17) is 4.74 Å². The van der Waals surface area contributed by atoms with Crippen LogP contribution in [0.25, 0.3) is 0 Å². The smallest absolute Gasteiger partial charge is 0.270 e. The molecule has 22 heavy (non-hydrogen) atoms. The minimum absolute atomic E-state index is 0.0771. The summed E-state index contributed by atoms with van der Waals surface area (Å²) in [5.74, 6) is 0.480. The Kier molecular flexibility index (Phi) is 3.42. The van der Waals surface area contributed by atoms with Crippen molar-refractivity contribution >= 4 is 5.91 Å². The number of fused-ring (bicyclic) bond motifs is 1. The minimum Gasteiger partial charge on any atom is -0.374 e. The second-order valence-electron chi connectivity index (χ2n) is 5.98. The number of aromatic amines is 1. The highest BCUT2D eigenvalue weighted by Gasteiger charge is 2.44. The van der Waals surface area contributed by atoms with Gasteiger partial charge < -0.3 is 19.2 Å². The zero-order chi connectivity index (χ0) is 14.9. The van der Waals surface area contributed by atoms with Crippen LogP contribution in [0.1, 0.15) is 23.3 Å². The van der Waals surface area contributed by atoms with Crippen molar-refractivity contribution in [2.75, 3.05) is 13.2 Å². The lowest BCUT2D eigenvalue weighted by atomic mass is 10.0. The van der Waals surface area contributed by atoms with E-state index in [1.807, 2.05) is 21.6 Å². The van der Waals surface area contributed by atoms with Crippen LogP contribution < -0.4 is 0 Å². The Bertz CT molecular complexity index is 624. The Balaban J connectivity index is 1.50. The van der Waals surface area contributed by atoms with Crippen LogP contribution in [0.15, 0.2) is 31.0 Å². The molecule has 2 aromatic heterocycles. The van der Waals surface area contributed by atoms with Crippen molar-refractivity contribution in [2.24, 2.45) is 5.92 Å². The van der Waals surface area contributed by atoms with E-state index in [9.17, 15) is 4.79 Å². The topological polar surface area (TPSA) is 76.0 Å². The van der Waals surface area contributed by atoms with Gasteiger partial charge in [-0.1, -0.05) is 0 Å². The second-order valence-corrected chi connectivity index (χ2v) is 5.98. The fourth-order valence-corrected chi connectivity index (χ4v) is 3.71. The predicted molar refractivity (Wildman–Crippen MR) is 78.1 cm³/mol. The molecule has 1 aliphatic carbocycles. The molecule has 7 nitrogen and oxygen atoms in total. The molecule has 0 bridgehead atoms. The Hall–Kier alpha value is -2.15. The molecule has 1 aliphatic heterocycles. The van der Waals surface area contributed by atoms with Gasteiger partial charge in [0.15, 0.2) is 0 Å². The number of carbonyl (C=O) groups is 1. The molecular weight excluding hydrogens is 282 g/mol. The van der Waals surface area contributed by atoms with Crippen LogP contribution in [-0.2, 0) is 11.3 Å². The third kappa shape index (κ3) is 2.31. The minimum atomic E-state index is 0.0771. The van der Waals surface area contributed by atoms with Gasteiger partial charge in [-0.15, -0.1) is 10.2 Å². The molecule has 3 unspecified atom stereocenters. The number of nitrogens with zero attached hydrogens (tertiary/aromatic N) is 4. The highest BCUT2D eigenvalue weighted by atomic mass is 16.5. The molecule has 3 atom stereocenters. The number of hydrogen-bond donors (Lipinski definition) is 1. The summed E-state index contributed by atoms with van der Waals surface area (Å²) in [5, 5.41) is 7.70.